The Bertz CT molecular complexity index is 2870. The number of aromatic amines is 1. The molecule has 0 bridgehead atoms. The van der Waals surface area contributed by atoms with Gasteiger partial charge in [-0.25, -0.2) is 28.7 Å². The Hall–Kier alpha value is -5.12. The highest BCUT2D eigenvalue weighted by Gasteiger charge is 2.54. The quantitative estimate of drug-likeness (QED) is 0.115. The van der Waals surface area contributed by atoms with Crippen molar-refractivity contribution >= 4 is 83.0 Å². The van der Waals surface area contributed by atoms with E-state index in [2.05, 4.69) is 40.5 Å². The molecule has 10 atom stereocenters. The molecule has 348 valence electrons. The minimum Gasteiger partial charge on any atom is -0.346 e. The van der Waals surface area contributed by atoms with Crippen LogP contribution in [0.1, 0.15) is 49.5 Å². The Morgan fingerprint density at radius 2 is 1.42 bits per heavy atom. The first-order valence-electron chi connectivity index (χ1n) is 20.0. The second kappa shape index (κ2) is 20.0. The molecular formula is C37H38F2N12O11P2S2. The monoisotopic (exact) mass is 990 g/mol. The molecule has 3 aliphatic heterocycles. The number of imidazole rings is 2. The van der Waals surface area contributed by atoms with Crippen LogP contribution in [0.3, 0.4) is 0 Å². The summed E-state index contributed by atoms with van der Waals surface area (Å²) >= 11 is 11.6. The van der Waals surface area contributed by atoms with E-state index in [0.717, 1.165) is 17.2 Å². The van der Waals surface area contributed by atoms with Crippen LogP contribution in [0.15, 0.2) is 54.1 Å². The highest BCUT2D eigenvalue weighted by molar-refractivity contribution is 8.07. The molecule has 7 heterocycles. The maximum absolute atomic E-state index is 17.1. The predicted octanol–water partition coefficient (Wildman–Crippen LogP) is 4.40. The summed E-state index contributed by atoms with van der Waals surface area (Å²) in [6, 6.07) is 12.2. The molecule has 1 aromatic carbocycles. The van der Waals surface area contributed by atoms with Crippen molar-refractivity contribution in [2.75, 3.05) is 37.1 Å². The lowest BCUT2D eigenvalue weighted by Gasteiger charge is -2.32. The fraction of sp³-hybridized carbons (Fsp3) is 0.459. The van der Waals surface area contributed by atoms with Gasteiger partial charge in [-0.2, -0.15) is 15.5 Å². The molecule has 3 N–H and O–H groups in total. The van der Waals surface area contributed by atoms with Crippen molar-refractivity contribution in [1.29, 1.82) is 10.5 Å². The van der Waals surface area contributed by atoms with Crippen molar-refractivity contribution in [1.82, 2.24) is 39.0 Å². The van der Waals surface area contributed by atoms with Crippen LogP contribution < -0.4 is 16.2 Å². The van der Waals surface area contributed by atoms with Crippen molar-refractivity contribution in [2.24, 2.45) is 5.92 Å². The largest absolute Gasteiger partial charge is 0.346 e. The topological polar surface area (TPSA) is 287 Å². The molecular weight excluding hydrogens is 953 g/mol. The summed E-state index contributed by atoms with van der Waals surface area (Å²) in [7, 11) is 0. The number of carbonyl (C=O) groups is 2. The lowest BCUT2D eigenvalue weighted by molar-refractivity contribution is -0.118. The number of carbonyl (C=O) groups excluding carboxylic acids is 2. The first-order chi connectivity index (χ1) is 31.7. The van der Waals surface area contributed by atoms with E-state index in [1.807, 2.05) is 12.1 Å². The van der Waals surface area contributed by atoms with Gasteiger partial charge in [-0.15, -0.1) is 0 Å². The molecule has 23 nitrogen and oxygen atoms in total. The van der Waals surface area contributed by atoms with Crippen molar-refractivity contribution in [3.63, 3.8) is 0 Å². The average molecular weight is 991 g/mol. The Morgan fingerprint density at radius 1 is 0.864 bits per heavy atom. The fourth-order valence-electron chi connectivity index (χ4n) is 6.92. The van der Waals surface area contributed by atoms with E-state index in [9.17, 15) is 24.9 Å². The van der Waals surface area contributed by atoms with E-state index in [1.165, 1.54) is 10.9 Å². The molecule has 0 spiro atoms. The molecule has 6 unspecified atom stereocenters. The Labute approximate surface area is 382 Å². The molecule has 66 heavy (non-hydrogen) atoms. The Morgan fingerprint density at radius 3 is 1.98 bits per heavy atom. The van der Waals surface area contributed by atoms with E-state index in [4.69, 9.17) is 60.2 Å². The van der Waals surface area contributed by atoms with Gasteiger partial charge in [-0.1, -0.05) is 32.0 Å². The van der Waals surface area contributed by atoms with Gasteiger partial charge in [0.2, 0.25) is 11.9 Å². The second-order valence-corrected chi connectivity index (χ2v) is 20.8. The molecule has 0 radical (unpaired) electrons. The van der Waals surface area contributed by atoms with Crippen LogP contribution in [0, 0.1) is 28.6 Å². The van der Waals surface area contributed by atoms with Crippen LogP contribution in [0.4, 0.5) is 20.5 Å². The molecule has 4 aromatic heterocycles. The summed E-state index contributed by atoms with van der Waals surface area (Å²) in [4.78, 5) is 62.0. The maximum atomic E-state index is 17.1. The van der Waals surface area contributed by atoms with Crippen LogP contribution >= 0.6 is 13.4 Å². The maximum Gasteiger partial charge on any atom is 0.327 e. The third-order valence-corrected chi connectivity index (χ3v) is 14.8. The summed E-state index contributed by atoms with van der Waals surface area (Å²) in [6.45, 7) is -6.91. The van der Waals surface area contributed by atoms with Crippen LogP contribution in [-0.4, -0.2) is 114 Å². The van der Waals surface area contributed by atoms with Crippen molar-refractivity contribution in [3.05, 3.63) is 65.2 Å². The highest BCUT2D eigenvalue weighted by Crippen LogP contribution is 2.58. The number of H-pyrrole nitrogens is 1. The molecule has 2 amide bonds. The van der Waals surface area contributed by atoms with Gasteiger partial charge in [-0.3, -0.25) is 42.9 Å². The van der Waals surface area contributed by atoms with E-state index in [0.29, 0.717) is 5.56 Å². The zero-order chi connectivity index (χ0) is 46.8. The third-order valence-electron chi connectivity index (χ3n) is 10.1. The predicted molar refractivity (Wildman–Crippen MR) is 232 cm³/mol. The first kappa shape index (κ1) is 47.4. The van der Waals surface area contributed by atoms with Crippen LogP contribution in [-0.2, 0) is 65.0 Å². The zero-order valence-electron chi connectivity index (χ0n) is 34.5. The van der Waals surface area contributed by atoms with Gasteiger partial charge in [0.05, 0.1) is 64.1 Å². The van der Waals surface area contributed by atoms with E-state index < -0.39 is 99.2 Å². The molecule has 5 aromatic rings. The zero-order valence-corrected chi connectivity index (χ0v) is 38.0. The van der Waals surface area contributed by atoms with E-state index in [-0.39, 0.29) is 60.1 Å². The number of nitrogens with one attached hydrogen (secondary N) is 3. The van der Waals surface area contributed by atoms with Crippen LogP contribution in [0.2, 0.25) is 0 Å². The van der Waals surface area contributed by atoms with Gasteiger partial charge in [0.15, 0.2) is 52.9 Å². The first-order valence-corrected chi connectivity index (χ1v) is 25.1. The van der Waals surface area contributed by atoms with E-state index >= 15 is 8.78 Å². The smallest absolute Gasteiger partial charge is 0.327 e. The van der Waals surface area contributed by atoms with E-state index in [1.54, 1.807) is 44.2 Å². The van der Waals surface area contributed by atoms with Gasteiger partial charge in [0, 0.05) is 11.5 Å². The number of rotatable bonds is 12. The highest BCUT2D eigenvalue weighted by atomic mass is 32.5. The molecule has 8 rings (SSSR count). The molecule has 3 saturated heterocycles. The number of aromatic nitrogens is 8. The fourth-order valence-corrected chi connectivity index (χ4v) is 11.1. The standard InChI is InChI=1S/C37H38F2N12O11P2S2/c1-19(2)32(52)48-37-47-31-26(34(54)49-37)45-18-51(31)36-24(39)28-22(60-36)15-58-63(65,55-12-6-10-40)61-27-21(14-57-64(66,62-28)56-13-7-11-41)59-35(23(27)38)50-17-44-25-29(42-16-43-30(25)50)46-33(53)20-8-4-3-5-9-20/h3-5,8-9,16-19,21-24,27-28,35-36H,6-7,12-15H2,1-2H3,(H,42,43,46,53)(H2,47,48,49,52,54)/t21?,22?,23-,24-,27-,28-,35?,36?,63?,64?/m1/s1. The molecule has 29 heteroatoms. The van der Waals surface area contributed by atoms with Gasteiger partial charge < -0.3 is 32.9 Å². The number of nitrogens with zero attached hydrogens (tertiary/aromatic N) is 9. The summed E-state index contributed by atoms with van der Waals surface area (Å²) in [6.07, 6.45) is -10.5. The number of ether oxygens (including phenoxy) is 2. The molecule has 0 saturated carbocycles. The minimum atomic E-state index is -4.14. The number of anilines is 2. The van der Waals surface area contributed by atoms with Crippen molar-refractivity contribution in [3.8, 4) is 12.1 Å². The number of halogens is 2. The normalized spacial score (nSPS) is 29.0. The van der Waals surface area contributed by atoms with Gasteiger partial charge in [-0.05, 0) is 35.7 Å². The second-order valence-electron chi connectivity index (χ2n) is 14.9. The molecule has 3 fully saturated rings. The lowest BCUT2D eigenvalue weighted by atomic mass is 10.1. The number of alkyl halides is 2. The van der Waals surface area contributed by atoms with Crippen LogP contribution in [0.25, 0.3) is 22.3 Å². The summed E-state index contributed by atoms with van der Waals surface area (Å²) in [5, 5.41) is 23.8. The molecule has 0 aliphatic carbocycles. The number of hydrogen-bond donors (Lipinski definition) is 3. The number of hydrogen-bond acceptors (Lipinski definition) is 20. The summed E-state index contributed by atoms with van der Waals surface area (Å²) in [5.41, 5.74) is -0.625. The average Bonchev–Trinajstić information content (AvgIpc) is 4.07. The minimum absolute atomic E-state index is 0.0291. The summed E-state index contributed by atoms with van der Waals surface area (Å²) < 4.78 is 85.2. The summed E-state index contributed by atoms with van der Waals surface area (Å²) in [5.74, 6) is -1.62. The number of amides is 2. The number of benzene rings is 1. The third kappa shape index (κ3) is 9.94. The van der Waals surface area contributed by atoms with Crippen molar-refractivity contribution < 1.29 is 55.0 Å². The Balaban J connectivity index is 1.11. The number of fused-ring (bicyclic) bond motifs is 4. The lowest BCUT2D eigenvalue weighted by Crippen LogP contribution is -2.37. The Kier molecular flexibility index (Phi) is 14.4. The van der Waals surface area contributed by atoms with Gasteiger partial charge in [0.1, 0.15) is 30.7 Å². The SMILES string of the molecule is CC(C)C(=O)Nc1nc2c(ncn2C2OC3COP(=S)(OCCC#N)O[C@@H]4C(COP(=S)(OCCC#N)O[C@H]3[C@H]2F)OC(n2cnc3c(NC(=O)c5ccccc5)ncnc32)[C@@H]4F)c(=O)[nH]1. The van der Waals surface area contributed by atoms with Crippen molar-refractivity contribution in [2.45, 2.75) is 75.9 Å². The number of nitriles is 2. The van der Waals surface area contributed by atoms with Gasteiger partial charge >= 0.3 is 13.4 Å². The van der Waals surface area contributed by atoms with Crippen LogP contribution in [0.5, 0.6) is 0 Å². The molecule has 3 aliphatic rings. The van der Waals surface area contributed by atoms with Gasteiger partial charge in [0.25, 0.3) is 11.5 Å².